The average Bonchev–Trinajstić information content (AvgIpc) is 3.20. The molecule has 0 spiro atoms. The average molecular weight is 437 g/mol. The second kappa shape index (κ2) is 10.1. The fraction of sp³-hybridized carbons (Fsp3) is 0.550. The van der Waals surface area contributed by atoms with E-state index in [0.717, 1.165) is 50.3 Å². The number of morpholine rings is 1. The van der Waals surface area contributed by atoms with Crippen LogP contribution in [0.4, 0.5) is 11.4 Å². The molecule has 1 heterocycles. The third-order valence-electron chi connectivity index (χ3n) is 5.27. The summed E-state index contributed by atoms with van der Waals surface area (Å²) in [4.78, 5) is 10.5. The van der Waals surface area contributed by atoms with E-state index in [2.05, 4.69) is 23.5 Å². The number of unbranched alkanes of at least 4 members (excludes halogenated alkanes) is 2. The second-order valence-electron chi connectivity index (χ2n) is 7.35. The highest BCUT2D eigenvalue weighted by molar-refractivity contribution is 7.89. The lowest BCUT2D eigenvalue weighted by atomic mass is 10.1. The molecule has 9 nitrogen and oxygen atoms in total. The lowest BCUT2D eigenvalue weighted by Gasteiger charge is -2.26. The molecule has 1 aromatic carbocycles. The number of nitrogens with one attached hydrogen (secondary N) is 1. The zero-order valence-electron chi connectivity index (χ0n) is 17.2. The van der Waals surface area contributed by atoms with Crippen molar-refractivity contribution in [3.05, 3.63) is 40.0 Å². The Hall–Kier alpha value is -2.30. The third-order valence-corrected chi connectivity index (χ3v) is 7.21. The Kier molecular flexibility index (Phi) is 7.57. The Balaban J connectivity index is 1.87. The van der Waals surface area contributed by atoms with E-state index < -0.39 is 14.9 Å². The van der Waals surface area contributed by atoms with Crippen LogP contribution < -0.4 is 5.43 Å². The highest BCUT2D eigenvalue weighted by Gasteiger charge is 2.30. The highest BCUT2D eigenvalue weighted by Crippen LogP contribution is 2.30. The van der Waals surface area contributed by atoms with Crippen LogP contribution in [-0.2, 0) is 14.8 Å². The van der Waals surface area contributed by atoms with E-state index >= 15 is 0 Å². The number of hydrazone groups is 1. The number of non-ortho nitro benzene ring substituents is 1. The van der Waals surface area contributed by atoms with Crippen LogP contribution in [0.2, 0.25) is 0 Å². The maximum Gasteiger partial charge on any atom is 0.270 e. The summed E-state index contributed by atoms with van der Waals surface area (Å²) in [7, 11) is -3.92. The van der Waals surface area contributed by atoms with Crippen LogP contribution in [-0.4, -0.2) is 49.7 Å². The molecule has 30 heavy (non-hydrogen) atoms. The summed E-state index contributed by atoms with van der Waals surface area (Å²) in [6.45, 7) is 3.17. The Morgan fingerprint density at radius 3 is 2.73 bits per heavy atom. The van der Waals surface area contributed by atoms with E-state index in [4.69, 9.17) is 4.74 Å². The van der Waals surface area contributed by atoms with Crippen molar-refractivity contribution in [3.63, 3.8) is 0 Å². The molecule has 1 saturated heterocycles. The molecule has 164 valence electrons. The predicted octanol–water partition coefficient (Wildman–Crippen LogP) is 3.68. The fourth-order valence-corrected chi connectivity index (χ4v) is 5.15. The number of nitro benzene ring substituents is 1. The predicted molar refractivity (Wildman–Crippen MR) is 115 cm³/mol. The van der Waals surface area contributed by atoms with Crippen LogP contribution in [0.5, 0.6) is 0 Å². The van der Waals surface area contributed by atoms with Gasteiger partial charge in [-0.25, -0.2) is 8.42 Å². The molecule has 0 amide bonds. The number of nitro groups is 1. The molecule has 1 aliphatic heterocycles. The van der Waals surface area contributed by atoms with Crippen molar-refractivity contribution < 1.29 is 18.1 Å². The molecule has 1 aliphatic carbocycles. The first-order valence-electron chi connectivity index (χ1n) is 10.3. The van der Waals surface area contributed by atoms with Crippen LogP contribution >= 0.6 is 0 Å². The first-order chi connectivity index (χ1) is 14.4. The first-order valence-corrected chi connectivity index (χ1v) is 11.8. The summed E-state index contributed by atoms with van der Waals surface area (Å²) < 4.78 is 32.9. The van der Waals surface area contributed by atoms with E-state index in [1.807, 2.05) is 0 Å². The van der Waals surface area contributed by atoms with Crippen molar-refractivity contribution in [2.45, 2.75) is 50.3 Å². The van der Waals surface area contributed by atoms with Gasteiger partial charge >= 0.3 is 0 Å². The normalized spacial score (nSPS) is 19.1. The van der Waals surface area contributed by atoms with Crippen LogP contribution in [0.3, 0.4) is 0 Å². The third kappa shape index (κ3) is 5.24. The van der Waals surface area contributed by atoms with Gasteiger partial charge in [-0.3, -0.25) is 15.5 Å². The monoisotopic (exact) mass is 436 g/mol. The van der Waals surface area contributed by atoms with Gasteiger partial charge in [-0.2, -0.15) is 9.41 Å². The summed E-state index contributed by atoms with van der Waals surface area (Å²) >= 11 is 0. The van der Waals surface area contributed by atoms with Crippen molar-refractivity contribution in [1.29, 1.82) is 0 Å². The zero-order chi connectivity index (χ0) is 21.6. The number of hydrogen-bond acceptors (Lipinski definition) is 7. The Labute approximate surface area is 177 Å². The number of benzene rings is 1. The first kappa shape index (κ1) is 22.4. The number of allylic oxidation sites excluding steroid dienone is 2. The number of sulfonamides is 1. The number of rotatable bonds is 9. The molecule has 0 saturated carbocycles. The van der Waals surface area contributed by atoms with Gasteiger partial charge in [0.2, 0.25) is 10.0 Å². The van der Waals surface area contributed by atoms with Crippen LogP contribution in [0.25, 0.3) is 0 Å². The van der Waals surface area contributed by atoms with Crippen molar-refractivity contribution in [2.75, 3.05) is 31.7 Å². The molecule has 0 bridgehead atoms. The van der Waals surface area contributed by atoms with Crippen LogP contribution in [0, 0.1) is 10.1 Å². The van der Waals surface area contributed by atoms with Crippen molar-refractivity contribution in [2.24, 2.45) is 5.10 Å². The van der Waals surface area contributed by atoms with Crippen molar-refractivity contribution in [1.82, 2.24) is 4.31 Å². The minimum atomic E-state index is -3.92. The Morgan fingerprint density at radius 2 is 2.03 bits per heavy atom. The molecule has 0 aromatic heterocycles. The van der Waals surface area contributed by atoms with Gasteiger partial charge in [0, 0.05) is 25.2 Å². The summed E-state index contributed by atoms with van der Waals surface area (Å²) in [6, 6.07) is 3.79. The minimum absolute atomic E-state index is 0.141. The van der Waals surface area contributed by atoms with Gasteiger partial charge in [0.05, 0.1) is 29.5 Å². The number of ether oxygens (including phenoxy) is 1. The lowest BCUT2D eigenvalue weighted by molar-refractivity contribution is -0.385. The highest BCUT2D eigenvalue weighted by atomic mass is 32.2. The second-order valence-corrected chi connectivity index (χ2v) is 9.26. The van der Waals surface area contributed by atoms with E-state index in [-0.39, 0.29) is 29.4 Å². The summed E-state index contributed by atoms with van der Waals surface area (Å²) in [5.41, 5.74) is 4.94. The molecule has 0 unspecified atom stereocenters. The van der Waals surface area contributed by atoms with Gasteiger partial charge < -0.3 is 4.74 Å². The maximum absolute atomic E-state index is 13.2. The van der Waals surface area contributed by atoms with Crippen molar-refractivity contribution in [3.8, 4) is 0 Å². The molecule has 2 aliphatic rings. The molecule has 1 aromatic rings. The largest absolute Gasteiger partial charge is 0.379 e. The Morgan fingerprint density at radius 1 is 1.27 bits per heavy atom. The standard InChI is InChI=1S/C20H28N4O5S/c1-2-3-4-6-16-7-5-8-18(16)21-22-19-10-9-17(24(25)26)15-20(19)30(27,28)23-11-13-29-14-12-23/h7,9-10,15,22H,2-6,8,11-14H2,1H3/b21-18+. The molecule has 1 fully saturated rings. The zero-order valence-corrected chi connectivity index (χ0v) is 18.0. The molecular formula is C20H28N4O5S. The lowest BCUT2D eigenvalue weighted by Crippen LogP contribution is -2.40. The van der Waals surface area contributed by atoms with Crippen LogP contribution in [0.15, 0.2) is 39.8 Å². The van der Waals surface area contributed by atoms with Gasteiger partial charge in [0.1, 0.15) is 4.90 Å². The number of anilines is 1. The number of nitrogens with zero attached hydrogens (tertiary/aromatic N) is 3. The topological polar surface area (TPSA) is 114 Å². The summed E-state index contributed by atoms with van der Waals surface area (Å²) in [5.74, 6) is 0. The van der Waals surface area contributed by atoms with Gasteiger partial charge in [-0.05, 0) is 37.3 Å². The van der Waals surface area contributed by atoms with Gasteiger partial charge in [-0.15, -0.1) is 0 Å². The Bertz CT molecular complexity index is 937. The minimum Gasteiger partial charge on any atom is -0.379 e. The molecule has 3 rings (SSSR count). The molecule has 10 heteroatoms. The summed E-state index contributed by atoms with van der Waals surface area (Å²) in [5, 5.41) is 15.7. The molecule has 0 radical (unpaired) electrons. The molecule has 1 N–H and O–H groups in total. The van der Waals surface area contributed by atoms with Crippen molar-refractivity contribution >= 4 is 27.1 Å². The van der Waals surface area contributed by atoms with E-state index in [0.29, 0.717) is 13.2 Å². The van der Waals surface area contributed by atoms with Gasteiger partial charge in [0.15, 0.2) is 0 Å². The van der Waals surface area contributed by atoms with Crippen LogP contribution in [0.1, 0.15) is 45.4 Å². The van der Waals surface area contributed by atoms with E-state index in [9.17, 15) is 18.5 Å². The quantitative estimate of drug-likeness (QED) is 0.359. The summed E-state index contributed by atoms with van der Waals surface area (Å²) in [6.07, 6.45) is 8.24. The van der Waals surface area contributed by atoms with Gasteiger partial charge in [-0.1, -0.05) is 25.8 Å². The SMILES string of the molecule is CCCCCC1=CCC/C1=N\Nc1ccc([N+](=O)[O-])cc1S(=O)(=O)N1CCOCC1. The maximum atomic E-state index is 13.2. The van der Waals surface area contributed by atoms with E-state index in [1.165, 1.54) is 22.0 Å². The van der Waals surface area contributed by atoms with Gasteiger partial charge in [0.25, 0.3) is 5.69 Å². The smallest absolute Gasteiger partial charge is 0.270 e. The molecule has 0 atom stereocenters. The number of hydrogen-bond donors (Lipinski definition) is 1. The molecular weight excluding hydrogens is 408 g/mol. The fourth-order valence-electron chi connectivity index (χ4n) is 3.59. The van der Waals surface area contributed by atoms with E-state index in [1.54, 1.807) is 0 Å².